The molecular formula is C16H10Br2S. The molecule has 19 heavy (non-hydrogen) atoms. The summed E-state index contributed by atoms with van der Waals surface area (Å²) in [6, 6.07) is 16.9. The van der Waals surface area contributed by atoms with Crippen molar-refractivity contribution in [3.05, 3.63) is 68.2 Å². The van der Waals surface area contributed by atoms with E-state index in [1.165, 1.54) is 22.3 Å². The number of halogens is 2. The van der Waals surface area contributed by atoms with Crippen LogP contribution in [0.1, 0.15) is 0 Å². The zero-order valence-corrected chi connectivity index (χ0v) is 13.9. The SMILES string of the molecule is Brc1ccc(-c2cscc2-c2ccc(Br)cc2)cc1. The fourth-order valence-corrected chi connectivity index (χ4v) is 3.40. The van der Waals surface area contributed by atoms with Gasteiger partial charge < -0.3 is 0 Å². The Hall–Kier alpha value is -0.900. The molecule has 0 aliphatic carbocycles. The van der Waals surface area contributed by atoms with Crippen molar-refractivity contribution in [1.82, 2.24) is 0 Å². The van der Waals surface area contributed by atoms with E-state index in [4.69, 9.17) is 0 Å². The summed E-state index contributed by atoms with van der Waals surface area (Å²) in [5.74, 6) is 0. The van der Waals surface area contributed by atoms with E-state index in [1.54, 1.807) is 11.3 Å². The monoisotopic (exact) mass is 392 g/mol. The maximum atomic E-state index is 3.48. The van der Waals surface area contributed by atoms with E-state index in [2.05, 4.69) is 91.2 Å². The maximum Gasteiger partial charge on any atom is 0.0175 e. The summed E-state index contributed by atoms with van der Waals surface area (Å²) < 4.78 is 2.22. The van der Waals surface area contributed by atoms with Crippen molar-refractivity contribution in [3.63, 3.8) is 0 Å². The van der Waals surface area contributed by atoms with E-state index in [0.29, 0.717) is 0 Å². The third-order valence-electron chi connectivity index (χ3n) is 2.97. The lowest BCUT2D eigenvalue weighted by molar-refractivity contribution is 1.60. The van der Waals surface area contributed by atoms with Gasteiger partial charge in [-0.25, -0.2) is 0 Å². The Morgan fingerprint density at radius 1 is 0.579 bits per heavy atom. The molecule has 3 aromatic rings. The average molecular weight is 394 g/mol. The van der Waals surface area contributed by atoms with Gasteiger partial charge in [-0.3, -0.25) is 0 Å². The van der Waals surface area contributed by atoms with Crippen LogP contribution in [0.4, 0.5) is 0 Å². The highest BCUT2D eigenvalue weighted by atomic mass is 79.9. The molecule has 0 atom stereocenters. The third kappa shape index (κ3) is 2.83. The number of hydrogen-bond donors (Lipinski definition) is 0. The van der Waals surface area contributed by atoms with Gasteiger partial charge in [0.2, 0.25) is 0 Å². The highest BCUT2D eigenvalue weighted by Crippen LogP contribution is 2.36. The lowest BCUT2D eigenvalue weighted by Gasteiger charge is -2.05. The molecule has 1 heterocycles. The van der Waals surface area contributed by atoms with E-state index in [1.807, 2.05) is 0 Å². The van der Waals surface area contributed by atoms with E-state index in [-0.39, 0.29) is 0 Å². The fourth-order valence-electron chi connectivity index (χ4n) is 2.00. The van der Waals surface area contributed by atoms with Crippen molar-refractivity contribution in [2.45, 2.75) is 0 Å². The zero-order valence-electron chi connectivity index (χ0n) is 9.94. The highest BCUT2D eigenvalue weighted by molar-refractivity contribution is 9.10. The van der Waals surface area contributed by atoms with Gasteiger partial charge in [-0.1, -0.05) is 56.1 Å². The molecule has 3 heteroatoms. The van der Waals surface area contributed by atoms with Gasteiger partial charge in [0.05, 0.1) is 0 Å². The number of rotatable bonds is 2. The molecule has 0 radical (unpaired) electrons. The van der Waals surface area contributed by atoms with Crippen molar-refractivity contribution in [3.8, 4) is 22.3 Å². The summed E-state index contributed by atoms with van der Waals surface area (Å²) in [5, 5.41) is 4.42. The summed E-state index contributed by atoms with van der Waals surface area (Å²) in [4.78, 5) is 0. The molecule has 0 N–H and O–H groups in total. The maximum absolute atomic E-state index is 3.48. The number of hydrogen-bond acceptors (Lipinski definition) is 1. The van der Waals surface area contributed by atoms with Crippen molar-refractivity contribution in [2.75, 3.05) is 0 Å². The Bertz CT molecular complexity index is 622. The molecule has 0 nitrogen and oxygen atoms in total. The molecule has 0 aliphatic heterocycles. The summed E-state index contributed by atoms with van der Waals surface area (Å²) in [5.41, 5.74) is 5.09. The first-order valence-electron chi connectivity index (χ1n) is 5.82. The smallest absolute Gasteiger partial charge is 0.0175 e. The summed E-state index contributed by atoms with van der Waals surface area (Å²) in [7, 11) is 0. The summed E-state index contributed by atoms with van der Waals surface area (Å²) in [6.07, 6.45) is 0. The van der Waals surface area contributed by atoms with Gasteiger partial charge in [-0.05, 0) is 46.2 Å². The van der Waals surface area contributed by atoms with Crippen LogP contribution in [0.5, 0.6) is 0 Å². The molecule has 0 unspecified atom stereocenters. The second-order valence-corrected chi connectivity index (χ2v) is 6.79. The van der Waals surface area contributed by atoms with Gasteiger partial charge in [0, 0.05) is 20.1 Å². The van der Waals surface area contributed by atoms with Crippen molar-refractivity contribution < 1.29 is 0 Å². The van der Waals surface area contributed by atoms with Gasteiger partial charge in [-0.15, -0.1) is 0 Å². The molecule has 0 fully saturated rings. The Kier molecular flexibility index (Phi) is 3.87. The topological polar surface area (TPSA) is 0 Å². The van der Waals surface area contributed by atoms with Crippen LogP contribution in [0.3, 0.4) is 0 Å². The van der Waals surface area contributed by atoms with Crippen molar-refractivity contribution in [2.24, 2.45) is 0 Å². The predicted octanol–water partition coefficient (Wildman–Crippen LogP) is 6.61. The van der Waals surface area contributed by atoms with Crippen LogP contribution in [0.15, 0.2) is 68.2 Å². The van der Waals surface area contributed by atoms with Crippen LogP contribution in [0.25, 0.3) is 22.3 Å². The van der Waals surface area contributed by atoms with Gasteiger partial charge >= 0.3 is 0 Å². The zero-order chi connectivity index (χ0) is 13.2. The molecular weight excluding hydrogens is 384 g/mol. The van der Waals surface area contributed by atoms with Crippen LogP contribution in [-0.2, 0) is 0 Å². The van der Waals surface area contributed by atoms with Gasteiger partial charge in [0.15, 0.2) is 0 Å². The first kappa shape index (κ1) is 13.1. The highest BCUT2D eigenvalue weighted by Gasteiger charge is 2.08. The van der Waals surface area contributed by atoms with Crippen molar-refractivity contribution >= 4 is 43.2 Å². The lowest BCUT2D eigenvalue weighted by atomic mass is 9.99. The van der Waals surface area contributed by atoms with E-state index in [0.717, 1.165) is 8.95 Å². The molecule has 0 saturated heterocycles. The summed E-state index contributed by atoms with van der Waals surface area (Å²) >= 11 is 8.70. The quantitative estimate of drug-likeness (QED) is 0.459. The minimum absolute atomic E-state index is 1.11. The number of benzene rings is 2. The van der Waals surface area contributed by atoms with E-state index >= 15 is 0 Å². The molecule has 1 aromatic heterocycles. The van der Waals surface area contributed by atoms with Gasteiger partial charge in [0.1, 0.15) is 0 Å². The second-order valence-electron chi connectivity index (χ2n) is 4.21. The van der Waals surface area contributed by atoms with Gasteiger partial charge in [-0.2, -0.15) is 11.3 Å². The Morgan fingerprint density at radius 3 is 1.32 bits per heavy atom. The molecule has 3 rings (SSSR count). The Labute approximate surface area is 133 Å². The van der Waals surface area contributed by atoms with Crippen LogP contribution < -0.4 is 0 Å². The molecule has 0 saturated carbocycles. The first-order valence-corrected chi connectivity index (χ1v) is 8.35. The molecule has 0 amide bonds. The molecule has 0 spiro atoms. The predicted molar refractivity (Wildman–Crippen MR) is 90.6 cm³/mol. The lowest BCUT2D eigenvalue weighted by Crippen LogP contribution is -1.80. The van der Waals surface area contributed by atoms with E-state index < -0.39 is 0 Å². The standard InChI is InChI=1S/C16H10Br2S/c17-13-5-1-11(2-6-13)15-9-19-10-16(15)12-3-7-14(18)8-4-12/h1-10H. The van der Waals surface area contributed by atoms with Crippen LogP contribution >= 0.6 is 43.2 Å². The minimum atomic E-state index is 1.11. The summed E-state index contributed by atoms with van der Waals surface area (Å²) in [6.45, 7) is 0. The van der Waals surface area contributed by atoms with Crippen molar-refractivity contribution in [1.29, 1.82) is 0 Å². The largest absolute Gasteiger partial charge is 0.151 e. The molecule has 2 aromatic carbocycles. The number of thiophene rings is 1. The normalized spacial score (nSPS) is 10.6. The first-order chi connectivity index (χ1) is 9.24. The molecule has 0 aliphatic rings. The molecule has 0 bridgehead atoms. The Morgan fingerprint density at radius 2 is 0.947 bits per heavy atom. The van der Waals surface area contributed by atoms with Crippen LogP contribution in [-0.4, -0.2) is 0 Å². The second kappa shape index (κ2) is 5.61. The van der Waals surface area contributed by atoms with E-state index in [9.17, 15) is 0 Å². The van der Waals surface area contributed by atoms with Crippen LogP contribution in [0.2, 0.25) is 0 Å². The minimum Gasteiger partial charge on any atom is -0.151 e. The van der Waals surface area contributed by atoms with Gasteiger partial charge in [0.25, 0.3) is 0 Å². The average Bonchev–Trinajstić information content (AvgIpc) is 2.90. The Balaban J connectivity index is 2.07. The fraction of sp³-hybridized carbons (Fsp3) is 0. The van der Waals surface area contributed by atoms with Crippen LogP contribution in [0, 0.1) is 0 Å². The third-order valence-corrected chi connectivity index (χ3v) is 4.77. The molecule has 94 valence electrons.